The molecule has 0 spiro atoms. The third-order valence-electron chi connectivity index (χ3n) is 4.00. The summed E-state index contributed by atoms with van der Waals surface area (Å²) in [7, 11) is 4.23. The third-order valence-corrected chi connectivity index (χ3v) is 4.00. The standard InChI is InChI=1S/C13H24N2O2/c1-14-7-3-11(4-8-14)13(16)17-12-5-9-15(2)10-6-12/h11-12H,3-10H2,1-2H3. The molecule has 2 heterocycles. The smallest absolute Gasteiger partial charge is 0.309 e. The highest BCUT2D eigenvalue weighted by atomic mass is 16.5. The number of rotatable bonds is 2. The van der Waals surface area contributed by atoms with Gasteiger partial charge in [-0.2, -0.15) is 0 Å². The Balaban J connectivity index is 1.73. The maximum atomic E-state index is 12.0. The van der Waals surface area contributed by atoms with Crippen LogP contribution in [0.4, 0.5) is 0 Å². The molecule has 0 unspecified atom stereocenters. The molecule has 0 bridgehead atoms. The summed E-state index contributed by atoms with van der Waals surface area (Å²) in [6.45, 7) is 4.14. The minimum atomic E-state index is 0.0488. The molecule has 0 aromatic rings. The van der Waals surface area contributed by atoms with Crippen molar-refractivity contribution >= 4 is 5.97 Å². The molecular formula is C13H24N2O2. The van der Waals surface area contributed by atoms with E-state index < -0.39 is 0 Å². The lowest BCUT2D eigenvalue weighted by atomic mass is 9.97. The molecule has 0 aromatic heterocycles. The molecular weight excluding hydrogens is 216 g/mol. The average molecular weight is 240 g/mol. The van der Waals surface area contributed by atoms with Crippen molar-refractivity contribution in [1.29, 1.82) is 0 Å². The van der Waals surface area contributed by atoms with E-state index in [-0.39, 0.29) is 18.0 Å². The lowest BCUT2D eigenvalue weighted by Gasteiger charge is -2.32. The first kappa shape index (κ1) is 12.8. The number of likely N-dealkylation sites (tertiary alicyclic amines) is 2. The van der Waals surface area contributed by atoms with Gasteiger partial charge in [0.2, 0.25) is 0 Å². The normalized spacial score (nSPS) is 26.0. The van der Waals surface area contributed by atoms with Crippen LogP contribution in [0.15, 0.2) is 0 Å². The molecule has 0 saturated carbocycles. The molecule has 98 valence electrons. The van der Waals surface area contributed by atoms with Crippen molar-refractivity contribution < 1.29 is 9.53 Å². The van der Waals surface area contributed by atoms with Gasteiger partial charge in [-0.15, -0.1) is 0 Å². The van der Waals surface area contributed by atoms with Crippen molar-refractivity contribution in [3.05, 3.63) is 0 Å². The first-order valence-corrected chi connectivity index (χ1v) is 6.72. The van der Waals surface area contributed by atoms with Crippen LogP contribution in [-0.4, -0.2) is 62.1 Å². The van der Waals surface area contributed by atoms with E-state index in [1.807, 2.05) is 0 Å². The molecule has 4 heteroatoms. The van der Waals surface area contributed by atoms with Gasteiger partial charge in [-0.1, -0.05) is 0 Å². The number of carbonyl (C=O) groups is 1. The SMILES string of the molecule is CN1CCC(OC(=O)C2CCN(C)CC2)CC1. The van der Waals surface area contributed by atoms with Crippen LogP contribution in [0.1, 0.15) is 25.7 Å². The second-order valence-corrected chi connectivity index (χ2v) is 5.52. The van der Waals surface area contributed by atoms with Crippen LogP contribution in [0.5, 0.6) is 0 Å². The lowest BCUT2D eigenvalue weighted by molar-refractivity contribution is -0.157. The van der Waals surface area contributed by atoms with Crippen LogP contribution >= 0.6 is 0 Å². The molecule has 4 nitrogen and oxygen atoms in total. The predicted octanol–water partition coefficient (Wildman–Crippen LogP) is 0.966. The first-order valence-electron chi connectivity index (χ1n) is 6.72. The van der Waals surface area contributed by atoms with E-state index >= 15 is 0 Å². The number of ether oxygens (including phenoxy) is 1. The minimum absolute atomic E-state index is 0.0488. The summed E-state index contributed by atoms with van der Waals surface area (Å²) in [6.07, 6.45) is 4.08. The van der Waals surface area contributed by atoms with Gasteiger partial charge in [-0.3, -0.25) is 4.79 Å². The van der Waals surface area contributed by atoms with Crippen LogP contribution < -0.4 is 0 Å². The Morgan fingerprint density at radius 3 is 1.94 bits per heavy atom. The van der Waals surface area contributed by atoms with Gasteiger partial charge in [0, 0.05) is 13.1 Å². The molecule has 2 fully saturated rings. The number of hydrogen-bond acceptors (Lipinski definition) is 4. The van der Waals surface area contributed by atoms with Crippen molar-refractivity contribution in [3.63, 3.8) is 0 Å². The summed E-state index contributed by atoms with van der Waals surface area (Å²) in [5.41, 5.74) is 0. The summed E-state index contributed by atoms with van der Waals surface area (Å²) in [5, 5.41) is 0. The Bertz CT molecular complexity index is 254. The fourth-order valence-electron chi connectivity index (χ4n) is 2.61. The lowest BCUT2D eigenvalue weighted by Crippen LogP contribution is -2.39. The molecule has 2 saturated heterocycles. The van der Waals surface area contributed by atoms with Crippen molar-refractivity contribution in [2.75, 3.05) is 40.3 Å². The van der Waals surface area contributed by atoms with Crippen LogP contribution in [0, 0.1) is 5.92 Å². The zero-order valence-electron chi connectivity index (χ0n) is 11.0. The molecule has 2 aliphatic rings. The molecule has 2 aliphatic heterocycles. The summed E-state index contributed by atoms with van der Waals surface area (Å²) in [6, 6.07) is 0. The molecule has 0 amide bonds. The number of carbonyl (C=O) groups excluding carboxylic acids is 1. The van der Waals surface area contributed by atoms with E-state index in [2.05, 4.69) is 23.9 Å². The van der Waals surface area contributed by atoms with E-state index in [9.17, 15) is 4.79 Å². The van der Waals surface area contributed by atoms with Gasteiger partial charge in [0.25, 0.3) is 0 Å². The molecule has 17 heavy (non-hydrogen) atoms. The zero-order valence-corrected chi connectivity index (χ0v) is 11.0. The Morgan fingerprint density at radius 2 is 1.41 bits per heavy atom. The zero-order chi connectivity index (χ0) is 12.3. The number of esters is 1. The highest BCUT2D eigenvalue weighted by Gasteiger charge is 2.28. The summed E-state index contributed by atoms with van der Waals surface area (Å²) >= 11 is 0. The van der Waals surface area contributed by atoms with E-state index in [0.717, 1.165) is 51.9 Å². The third kappa shape index (κ3) is 3.68. The van der Waals surface area contributed by atoms with Crippen LogP contribution in [0.2, 0.25) is 0 Å². The second-order valence-electron chi connectivity index (χ2n) is 5.52. The number of piperidine rings is 2. The molecule has 2 rings (SSSR count). The van der Waals surface area contributed by atoms with Gasteiger partial charge >= 0.3 is 5.97 Å². The van der Waals surface area contributed by atoms with E-state index in [0.29, 0.717) is 0 Å². The highest BCUT2D eigenvalue weighted by Crippen LogP contribution is 2.20. The number of hydrogen-bond donors (Lipinski definition) is 0. The van der Waals surface area contributed by atoms with Crippen molar-refractivity contribution in [2.45, 2.75) is 31.8 Å². The Morgan fingerprint density at radius 1 is 0.941 bits per heavy atom. The maximum absolute atomic E-state index is 12.0. The highest BCUT2D eigenvalue weighted by molar-refractivity contribution is 5.72. The van der Waals surface area contributed by atoms with Crippen LogP contribution in [-0.2, 0) is 9.53 Å². The van der Waals surface area contributed by atoms with Crippen LogP contribution in [0.25, 0.3) is 0 Å². The van der Waals surface area contributed by atoms with Gasteiger partial charge < -0.3 is 14.5 Å². The molecule has 0 aromatic carbocycles. The average Bonchev–Trinajstić information content (AvgIpc) is 2.33. The molecule has 0 N–H and O–H groups in total. The van der Waals surface area contributed by atoms with Crippen molar-refractivity contribution in [2.24, 2.45) is 5.92 Å². The largest absolute Gasteiger partial charge is 0.462 e. The van der Waals surface area contributed by atoms with Gasteiger partial charge in [0.1, 0.15) is 6.10 Å². The summed E-state index contributed by atoms with van der Waals surface area (Å²) in [4.78, 5) is 16.6. The van der Waals surface area contributed by atoms with E-state index in [1.165, 1.54) is 0 Å². The quantitative estimate of drug-likeness (QED) is 0.673. The second kappa shape index (κ2) is 5.83. The van der Waals surface area contributed by atoms with Gasteiger partial charge in [-0.05, 0) is 52.9 Å². The minimum Gasteiger partial charge on any atom is -0.462 e. The monoisotopic (exact) mass is 240 g/mol. The van der Waals surface area contributed by atoms with Crippen molar-refractivity contribution in [1.82, 2.24) is 9.80 Å². The fourth-order valence-corrected chi connectivity index (χ4v) is 2.61. The Hall–Kier alpha value is -0.610. The Kier molecular flexibility index (Phi) is 4.40. The van der Waals surface area contributed by atoms with E-state index in [1.54, 1.807) is 0 Å². The molecule has 0 radical (unpaired) electrons. The summed E-state index contributed by atoms with van der Waals surface area (Å²) in [5.74, 6) is 0.193. The number of nitrogens with zero attached hydrogens (tertiary/aromatic N) is 2. The van der Waals surface area contributed by atoms with Gasteiger partial charge in [0.05, 0.1) is 5.92 Å². The van der Waals surface area contributed by atoms with Gasteiger partial charge in [-0.25, -0.2) is 0 Å². The Labute approximate surface area is 104 Å². The fraction of sp³-hybridized carbons (Fsp3) is 0.923. The van der Waals surface area contributed by atoms with Gasteiger partial charge in [0.15, 0.2) is 0 Å². The van der Waals surface area contributed by atoms with Crippen LogP contribution in [0.3, 0.4) is 0 Å². The maximum Gasteiger partial charge on any atom is 0.309 e. The van der Waals surface area contributed by atoms with Crippen molar-refractivity contribution in [3.8, 4) is 0 Å². The topological polar surface area (TPSA) is 32.8 Å². The first-order chi connectivity index (χ1) is 8.15. The predicted molar refractivity (Wildman–Crippen MR) is 66.8 cm³/mol. The summed E-state index contributed by atoms with van der Waals surface area (Å²) < 4.78 is 5.63. The van der Waals surface area contributed by atoms with E-state index in [4.69, 9.17) is 4.74 Å². The molecule has 0 atom stereocenters. The molecule has 0 aliphatic carbocycles.